The lowest BCUT2D eigenvalue weighted by atomic mass is 10.1. The van der Waals surface area contributed by atoms with Gasteiger partial charge >= 0.3 is 6.09 Å². The number of nitrogens with zero attached hydrogens (tertiary/aromatic N) is 4. The number of halogens is 4. The Balaban J connectivity index is 0.00000210. The maximum atomic E-state index is 11.7. The number of anilines is 1. The van der Waals surface area contributed by atoms with Crippen molar-refractivity contribution in [3.8, 4) is 5.75 Å². The Hall–Kier alpha value is -2.40. The third-order valence-electron chi connectivity index (χ3n) is 6.50. The topological polar surface area (TPSA) is 78.3 Å². The molecule has 1 amide bonds. The number of hydrogen-bond acceptors (Lipinski definition) is 7. The Morgan fingerprint density at radius 2 is 1.85 bits per heavy atom. The van der Waals surface area contributed by atoms with Gasteiger partial charge in [-0.1, -0.05) is 29.3 Å². The number of amides is 1. The largest absolute Gasteiger partial charge is 0.491 e. The normalized spacial score (nSPS) is 20.6. The molecule has 0 saturated carbocycles. The van der Waals surface area contributed by atoms with Crippen LogP contribution in [-0.4, -0.2) is 73.2 Å². The van der Waals surface area contributed by atoms with Crippen molar-refractivity contribution in [3.63, 3.8) is 0 Å². The number of piperazine rings is 1. The van der Waals surface area contributed by atoms with Crippen LogP contribution in [0.4, 0.5) is 10.5 Å². The van der Waals surface area contributed by atoms with Gasteiger partial charge in [0.1, 0.15) is 18.5 Å². The van der Waals surface area contributed by atoms with Gasteiger partial charge in [0, 0.05) is 54.8 Å². The van der Waals surface area contributed by atoms with Crippen molar-refractivity contribution in [2.75, 3.05) is 51.4 Å². The molecule has 2 fully saturated rings. The molecule has 212 valence electrons. The molecule has 3 heterocycles. The van der Waals surface area contributed by atoms with E-state index < -0.39 is 5.79 Å². The molecule has 2 atom stereocenters. The lowest BCUT2D eigenvalue weighted by Crippen LogP contribution is -2.48. The fourth-order valence-corrected chi connectivity index (χ4v) is 5.15. The van der Waals surface area contributed by atoms with Crippen LogP contribution in [0.5, 0.6) is 5.75 Å². The van der Waals surface area contributed by atoms with Crippen molar-refractivity contribution < 1.29 is 23.7 Å². The first-order chi connectivity index (χ1) is 18.0. The molecule has 2 saturated heterocycles. The van der Waals surface area contributed by atoms with Crippen molar-refractivity contribution in [3.05, 3.63) is 76.8 Å². The molecule has 3 aromatic rings. The van der Waals surface area contributed by atoms with E-state index in [9.17, 15) is 4.79 Å². The van der Waals surface area contributed by atoms with E-state index in [2.05, 4.69) is 9.88 Å². The van der Waals surface area contributed by atoms with Crippen molar-refractivity contribution in [1.29, 1.82) is 0 Å². The summed E-state index contributed by atoms with van der Waals surface area (Å²) < 4.78 is 25.4. The van der Waals surface area contributed by atoms with Crippen molar-refractivity contribution in [2.24, 2.45) is 0 Å². The summed E-state index contributed by atoms with van der Waals surface area (Å²) in [5.74, 6) is -0.357. The summed E-state index contributed by atoms with van der Waals surface area (Å²) >= 11 is 12.7. The van der Waals surface area contributed by atoms with Gasteiger partial charge in [-0.05, 0) is 36.4 Å². The number of carbonyl (C=O) groups excluding carboxylic acids is 1. The standard InChI is InChI=1S/C26H28Cl2N4O5.2ClH/c1-34-25(33)32-12-10-31(11-13-32)20-3-5-21(6-4-20)35-15-22-16-36-26(37-22,17-30-9-8-29-18-30)23-7-2-19(27)14-24(23)28;;/h2-9,14,18,22H,10-13,15-17H2,1H3;2*1H/t22-,26-;;/m1../s1. The van der Waals surface area contributed by atoms with Gasteiger partial charge in [0.05, 0.1) is 31.6 Å². The maximum Gasteiger partial charge on any atom is 0.409 e. The molecule has 1 aromatic heterocycles. The van der Waals surface area contributed by atoms with Gasteiger partial charge in [-0.15, -0.1) is 24.8 Å². The highest BCUT2D eigenvalue weighted by molar-refractivity contribution is 6.35. The van der Waals surface area contributed by atoms with Crippen LogP contribution in [0.1, 0.15) is 5.56 Å². The van der Waals surface area contributed by atoms with Gasteiger partial charge in [0.25, 0.3) is 0 Å². The number of rotatable bonds is 7. The summed E-state index contributed by atoms with van der Waals surface area (Å²) in [6, 6.07) is 13.2. The highest BCUT2D eigenvalue weighted by atomic mass is 35.5. The van der Waals surface area contributed by atoms with Crippen molar-refractivity contribution >= 4 is 59.8 Å². The van der Waals surface area contributed by atoms with Crippen LogP contribution in [0.2, 0.25) is 10.0 Å². The number of imidazole rings is 1. The smallest absolute Gasteiger partial charge is 0.409 e. The summed E-state index contributed by atoms with van der Waals surface area (Å²) in [5.41, 5.74) is 1.78. The van der Waals surface area contributed by atoms with Gasteiger partial charge in [-0.25, -0.2) is 9.78 Å². The Morgan fingerprint density at radius 1 is 1.10 bits per heavy atom. The molecule has 0 N–H and O–H groups in total. The third-order valence-corrected chi connectivity index (χ3v) is 7.05. The van der Waals surface area contributed by atoms with E-state index in [1.807, 2.05) is 41.1 Å². The molecular weight excluding hydrogens is 590 g/mol. The second-order valence-electron chi connectivity index (χ2n) is 8.91. The van der Waals surface area contributed by atoms with Crippen LogP contribution in [0.3, 0.4) is 0 Å². The maximum absolute atomic E-state index is 11.7. The predicted octanol–water partition coefficient (Wildman–Crippen LogP) is 5.27. The van der Waals surface area contributed by atoms with Crippen LogP contribution in [0, 0.1) is 0 Å². The second-order valence-corrected chi connectivity index (χ2v) is 9.76. The van der Waals surface area contributed by atoms with E-state index in [0.717, 1.165) is 24.5 Å². The number of ether oxygens (including phenoxy) is 4. The molecule has 0 radical (unpaired) electrons. The van der Waals surface area contributed by atoms with Crippen LogP contribution in [-0.2, 0) is 26.5 Å². The SMILES string of the molecule is COC(=O)N1CCN(c2ccc(OC[C@@H]3CO[C@@](Cn4ccnc4)(c4ccc(Cl)cc4Cl)O3)cc2)CC1.Cl.Cl. The molecule has 13 heteroatoms. The number of carbonyl (C=O) groups is 1. The molecule has 2 aliphatic heterocycles. The average molecular weight is 620 g/mol. The van der Waals surface area contributed by atoms with Crippen LogP contribution < -0.4 is 9.64 Å². The molecule has 2 aliphatic rings. The summed E-state index contributed by atoms with van der Waals surface area (Å²) in [6.45, 7) is 3.78. The van der Waals surface area contributed by atoms with Crippen LogP contribution >= 0.6 is 48.0 Å². The Kier molecular flexibility index (Phi) is 11.0. The summed E-state index contributed by atoms with van der Waals surface area (Å²) in [5, 5.41) is 1.01. The zero-order chi connectivity index (χ0) is 25.8. The van der Waals surface area contributed by atoms with E-state index in [-0.39, 0.29) is 37.0 Å². The van der Waals surface area contributed by atoms with E-state index in [4.69, 9.17) is 42.1 Å². The Bertz CT molecular complexity index is 1210. The number of methoxy groups -OCH3 is 1. The molecular formula is C26H30Cl4N4O5. The van der Waals surface area contributed by atoms with E-state index in [0.29, 0.717) is 48.5 Å². The predicted molar refractivity (Wildman–Crippen MR) is 154 cm³/mol. The quantitative estimate of drug-likeness (QED) is 0.357. The molecule has 5 rings (SSSR count). The summed E-state index contributed by atoms with van der Waals surface area (Å²) in [7, 11) is 1.41. The van der Waals surface area contributed by atoms with Gasteiger partial charge in [-0.2, -0.15) is 0 Å². The molecule has 9 nitrogen and oxygen atoms in total. The summed E-state index contributed by atoms with van der Waals surface area (Å²) in [4.78, 5) is 19.8. The van der Waals surface area contributed by atoms with Gasteiger partial charge < -0.3 is 33.3 Å². The van der Waals surface area contributed by atoms with Crippen molar-refractivity contribution in [2.45, 2.75) is 18.4 Å². The molecule has 2 aromatic carbocycles. The minimum absolute atomic E-state index is 0. The number of aromatic nitrogens is 2. The molecule has 39 heavy (non-hydrogen) atoms. The minimum atomic E-state index is -1.09. The number of benzene rings is 2. The first-order valence-corrected chi connectivity index (χ1v) is 12.7. The lowest BCUT2D eigenvalue weighted by molar-refractivity contribution is -0.189. The molecule has 0 bridgehead atoms. The highest BCUT2D eigenvalue weighted by Crippen LogP contribution is 2.40. The van der Waals surface area contributed by atoms with E-state index in [1.54, 1.807) is 29.6 Å². The Labute approximate surface area is 249 Å². The highest BCUT2D eigenvalue weighted by Gasteiger charge is 2.45. The zero-order valence-corrected chi connectivity index (χ0v) is 24.3. The lowest BCUT2D eigenvalue weighted by Gasteiger charge is -2.35. The summed E-state index contributed by atoms with van der Waals surface area (Å²) in [6.07, 6.45) is 4.67. The van der Waals surface area contributed by atoms with Crippen molar-refractivity contribution in [1.82, 2.24) is 14.5 Å². The molecule has 0 spiro atoms. The van der Waals surface area contributed by atoms with Crippen LogP contribution in [0.15, 0.2) is 61.2 Å². The van der Waals surface area contributed by atoms with E-state index >= 15 is 0 Å². The Morgan fingerprint density at radius 3 is 2.49 bits per heavy atom. The monoisotopic (exact) mass is 618 g/mol. The fourth-order valence-electron chi connectivity index (χ4n) is 4.59. The van der Waals surface area contributed by atoms with E-state index in [1.165, 1.54) is 7.11 Å². The minimum Gasteiger partial charge on any atom is -0.491 e. The second kappa shape index (κ2) is 13.8. The fraction of sp³-hybridized carbons (Fsp3) is 0.385. The van der Waals surface area contributed by atoms with Gasteiger partial charge in [-0.3, -0.25) is 0 Å². The first-order valence-electron chi connectivity index (χ1n) is 12.0. The number of hydrogen-bond donors (Lipinski definition) is 0. The average Bonchev–Trinajstić information content (AvgIpc) is 3.58. The first kappa shape index (κ1) is 31.1. The third kappa shape index (κ3) is 7.22. The van der Waals surface area contributed by atoms with Gasteiger partial charge in [0.2, 0.25) is 5.79 Å². The van der Waals surface area contributed by atoms with Crippen LogP contribution in [0.25, 0.3) is 0 Å². The molecule has 0 aliphatic carbocycles. The molecule has 0 unspecified atom stereocenters. The van der Waals surface area contributed by atoms with Gasteiger partial charge in [0.15, 0.2) is 0 Å². The zero-order valence-electron chi connectivity index (χ0n) is 21.2.